The summed E-state index contributed by atoms with van der Waals surface area (Å²) < 4.78 is 24.6. The summed E-state index contributed by atoms with van der Waals surface area (Å²) in [6.07, 6.45) is 3.77. The molecule has 5 heteroatoms. The van der Waals surface area contributed by atoms with Crippen molar-refractivity contribution in [1.29, 1.82) is 0 Å². The van der Waals surface area contributed by atoms with E-state index in [0.29, 0.717) is 11.8 Å². The van der Waals surface area contributed by atoms with Crippen LogP contribution >= 0.6 is 0 Å². The van der Waals surface area contributed by atoms with Crippen LogP contribution < -0.4 is 4.74 Å². The van der Waals surface area contributed by atoms with Gasteiger partial charge in [0.2, 0.25) is 0 Å². The average Bonchev–Trinajstić information content (AvgIpc) is 3.28. The van der Waals surface area contributed by atoms with E-state index in [2.05, 4.69) is 22.9 Å². The van der Waals surface area contributed by atoms with Gasteiger partial charge >= 0.3 is 0 Å². The summed E-state index contributed by atoms with van der Waals surface area (Å²) in [5.41, 5.74) is 1.05. The third kappa shape index (κ3) is 4.26. The van der Waals surface area contributed by atoms with Gasteiger partial charge in [-0.1, -0.05) is 6.07 Å². The Morgan fingerprint density at radius 3 is 2.79 bits per heavy atom. The number of hydrogen-bond acceptors (Lipinski definition) is 4. The van der Waals surface area contributed by atoms with Gasteiger partial charge in [0.1, 0.15) is 23.1 Å². The molecule has 2 heterocycles. The normalized spacial score (nSPS) is 25.2. The van der Waals surface area contributed by atoms with Crippen molar-refractivity contribution < 1.29 is 13.5 Å². The van der Waals surface area contributed by atoms with Crippen LogP contribution in [0.2, 0.25) is 0 Å². The van der Waals surface area contributed by atoms with Crippen molar-refractivity contribution >= 4 is 0 Å². The van der Waals surface area contributed by atoms with E-state index in [0.717, 1.165) is 55.1 Å². The summed E-state index contributed by atoms with van der Waals surface area (Å²) in [6, 6.07) is 9.57. The van der Waals surface area contributed by atoms with E-state index in [-0.39, 0.29) is 5.82 Å². The molecule has 2 aromatic rings. The SMILES string of the molecule is COc1cc(F)ccc1CN(C)[C@H]1C[C@H]2CCN(Cc3ccc(C)o3)C[C@H]2C1. The van der Waals surface area contributed by atoms with Crippen molar-refractivity contribution in [3.63, 3.8) is 0 Å². The van der Waals surface area contributed by atoms with E-state index in [1.807, 2.05) is 19.1 Å². The lowest BCUT2D eigenvalue weighted by molar-refractivity contribution is 0.124. The number of methoxy groups -OCH3 is 1. The zero-order valence-electron chi connectivity index (χ0n) is 17.2. The molecule has 0 unspecified atom stereocenters. The van der Waals surface area contributed by atoms with Gasteiger partial charge in [0.25, 0.3) is 0 Å². The minimum Gasteiger partial charge on any atom is -0.496 e. The van der Waals surface area contributed by atoms with E-state index < -0.39 is 0 Å². The number of piperidine rings is 1. The minimum atomic E-state index is -0.248. The Labute approximate surface area is 167 Å². The smallest absolute Gasteiger partial charge is 0.126 e. The molecular weight excluding hydrogens is 355 g/mol. The third-order valence-electron chi connectivity index (χ3n) is 6.59. The van der Waals surface area contributed by atoms with Gasteiger partial charge in [-0.15, -0.1) is 0 Å². The molecule has 1 aromatic carbocycles. The first-order chi connectivity index (χ1) is 13.5. The van der Waals surface area contributed by atoms with Crippen LogP contribution in [0.25, 0.3) is 0 Å². The largest absolute Gasteiger partial charge is 0.496 e. The Kier molecular flexibility index (Phi) is 5.74. The standard InChI is InChI=1S/C23H31FN2O2/c1-16-4-7-22(28-16)15-26-9-8-17-10-21(11-19(17)14-26)25(2)13-18-5-6-20(24)12-23(18)27-3/h4-7,12,17,19,21H,8-11,13-15H2,1-3H3/t17-,19-,21+/m1/s1. The number of benzene rings is 1. The first-order valence-corrected chi connectivity index (χ1v) is 10.3. The second kappa shape index (κ2) is 8.26. The van der Waals surface area contributed by atoms with Gasteiger partial charge in [0.15, 0.2) is 0 Å². The van der Waals surface area contributed by atoms with Crippen LogP contribution in [0.3, 0.4) is 0 Å². The number of rotatable bonds is 6. The van der Waals surface area contributed by atoms with Crippen LogP contribution in [0, 0.1) is 24.6 Å². The number of halogens is 1. The van der Waals surface area contributed by atoms with Crippen LogP contribution in [-0.4, -0.2) is 43.1 Å². The summed E-state index contributed by atoms with van der Waals surface area (Å²) in [7, 11) is 3.80. The molecule has 28 heavy (non-hydrogen) atoms. The highest BCUT2D eigenvalue weighted by Gasteiger charge is 2.39. The highest BCUT2D eigenvalue weighted by atomic mass is 19.1. The Hall–Kier alpha value is -1.85. The fourth-order valence-electron chi connectivity index (χ4n) is 5.07. The first kappa shape index (κ1) is 19.5. The zero-order chi connectivity index (χ0) is 19.7. The van der Waals surface area contributed by atoms with Gasteiger partial charge in [-0.05, 0) is 69.8 Å². The third-order valence-corrected chi connectivity index (χ3v) is 6.59. The maximum absolute atomic E-state index is 13.5. The second-order valence-electron chi connectivity index (χ2n) is 8.55. The molecule has 2 fully saturated rings. The predicted molar refractivity (Wildman–Crippen MR) is 108 cm³/mol. The minimum absolute atomic E-state index is 0.248. The summed E-state index contributed by atoms with van der Waals surface area (Å²) >= 11 is 0. The van der Waals surface area contributed by atoms with Crippen molar-refractivity contribution in [2.75, 3.05) is 27.2 Å². The van der Waals surface area contributed by atoms with Crippen LogP contribution in [-0.2, 0) is 13.1 Å². The summed E-state index contributed by atoms with van der Waals surface area (Å²) in [5.74, 6) is 4.03. The predicted octanol–water partition coefficient (Wildman–Crippen LogP) is 4.47. The molecule has 1 aromatic heterocycles. The maximum Gasteiger partial charge on any atom is 0.126 e. The van der Waals surface area contributed by atoms with Gasteiger partial charge in [0.05, 0.1) is 13.7 Å². The highest BCUT2D eigenvalue weighted by Crippen LogP contribution is 2.40. The lowest BCUT2D eigenvalue weighted by atomic mass is 9.89. The molecule has 1 saturated heterocycles. The molecule has 4 rings (SSSR count). The molecule has 152 valence electrons. The summed E-state index contributed by atoms with van der Waals surface area (Å²) in [4.78, 5) is 4.97. The molecule has 0 bridgehead atoms. The molecule has 2 aliphatic rings. The topological polar surface area (TPSA) is 28.9 Å². The van der Waals surface area contributed by atoms with E-state index in [4.69, 9.17) is 9.15 Å². The van der Waals surface area contributed by atoms with Gasteiger partial charge in [-0.2, -0.15) is 0 Å². The Morgan fingerprint density at radius 1 is 1.21 bits per heavy atom. The Balaban J connectivity index is 1.34. The molecule has 0 amide bonds. The zero-order valence-corrected chi connectivity index (χ0v) is 17.2. The highest BCUT2D eigenvalue weighted by molar-refractivity contribution is 5.34. The Morgan fingerprint density at radius 2 is 2.04 bits per heavy atom. The van der Waals surface area contributed by atoms with Gasteiger partial charge < -0.3 is 9.15 Å². The molecular formula is C23H31FN2O2. The van der Waals surface area contributed by atoms with Crippen molar-refractivity contribution in [3.05, 3.63) is 53.2 Å². The number of ether oxygens (including phenoxy) is 1. The molecule has 4 nitrogen and oxygen atoms in total. The molecule has 0 radical (unpaired) electrons. The first-order valence-electron chi connectivity index (χ1n) is 10.3. The quantitative estimate of drug-likeness (QED) is 0.733. The molecule has 1 aliphatic heterocycles. The van der Waals surface area contributed by atoms with Crippen LogP contribution in [0.4, 0.5) is 4.39 Å². The molecule has 3 atom stereocenters. The number of hydrogen-bond donors (Lipinski definition) is 0. The maximum atomic E-state index is 13.5. The van der Waals surface area contributed by atoms with Crippen LogP contribution in [0.5, 0.6) is 5.75 Å². The van der Waals surface area contributed by atoms with Crippen molar-refractivity contribution in [1.82, 2.24) is 9.80 Å². The number of likely N-dealkylation sites (tertiary alicyclic amines) is 1. The second-order valence-corrected chi connectivity index (χ2v) is 8.55. The molecule has 0 spiro atoms. The van der Waals surface area contributed by atoms with Crippen LogP contribution in [0.15, 0.2) is 34.7 Å². The Bertz CT molecular complexity index is 806. The lowest BCUT2D eigenvalue weighted by Gasteiger charge is -2.34. The number of nitrogens with zero attached hydrogens (tertiary/aromatic N) is 2. The monoisotopic (exact) mass is 386 g/mol. The van der Waals surface area contributed by atoms with E-state index in [1.165, 1.54) is 31.4 Å². The van der Waals surface area contributed by atoms with Crippen molar-refractivity contribution in [2.45, 2.75) is 45.3 Å². The number of fused-ring (bicyclic) bond motifs is 1. The van der Waals surface area contributed by atoms with Crippen molar-refractivity contribution in [3.8, 4) is 5.75 Å². The fourth-order valence-corrected chi connectivity index (χ4v) is 5.07. The van der Waals surface area contributed by atoms with E-state index >= 15 is 0 Å². The van der Waals surface area contributed by atoms with Gasteiger partial charge in [-0.3, -0.25) is 9.80 Å². The molecule has 1 aliphatic carbocycles. The van der Waals surface area contributed by atoms with E-state index in [9.17, 15) is 4.39 Å². The average molecular weight is 387 g/mol. The number of aryl methyl sites for hydroxylation is 1. The fraction of sp³-hybridized carbons (Fsp3) is 0.565. The molecule has 0 N–H and O–H groups in total. The van der Waals surface area contributed by atoms with Crippen molar-refractivity contribution in [2.24, 2.45) is 11.8 Å². The van der Waals surface area contributed by atoms with E-state index in [1.54, 1.807) is 7.11 Å². The molecule has 1 saturated carbocycles. The number of furan rings is 1. The summed E-state index contributed by atoms with van der Waals surface area (Å²) in [5, 5.41) is 0. The lowest BCUT2D eigenvalue weighted by Crippen LogP contribution is -2.37. The van der Waals surface area contributed by atoms with Crippen LogP contribution in [0.1, 0.15) is 36.3 Å². The van der Waals surface area contributed by atoms with Gasteiger partial charge in [0, 0.05) is 30.8 Å². The summed E-state index contributed by atoms with van der Waals surface area (Å²) in [6.45, 7) is 6.04. The van der Waals surface area contributed by atoms with Gasteiger partial charge in [-0.25, -0.2) is 4.39 Å².